The lowest BCUT2D eigenvalue weighted by Crippen LogP contribution is -3.12. The molecule has 2 aliphatic rings. The predicted octanol–water partition coefficient (Wildman–Crippen LogP) is 1.68. The van der Waals surface area contributed by atoms with Gasteiger partial charge in [0, 0.05) is 43.0 Å². The van der Waals surface area contributed by atoms with Crippen LogP contribution < -0.4 is 9.80 Å². The van der Waals surface area contributed by atoms with Crippen molar-refractivity contribution >= 4 is 11.6 Å². The highest BCUT2D eigenvalue weighted by Crippen LogP contribution is 2.24. The highest BCUT2D eigenvalue weighted by Gasteiger charge is 2.23. The second kappa shape index (κ2) is 8.97. The van der Waals surface area contributed by atoms with Crippen molar-refractivity contribution in [2.24, 2.45) is 0 Å². The van der Waals surface area contributed by atoms with Crippen molar-refractivity contribution in [1.29, 1.82) is 0 Å². The molecule has 2 aromatic rings. The molecule has 0 unspecified atom stereocenters. The molecule has 5 nitrogen and oxygen atoms in total. The Bertz CT molecular complexity index is 836. The monoisotopic (exact) mass is 394 g/mol. The van der Waals surface area contributed by atoms with Crippen LogP contribution in [-0.2, 0) is 11.3 Å². The number of carbonyl (C=O) groups excluding carboxylic acids is 1. The van der Waals surface area contributed by atoms with Crippen LogP contribution in [0.5, 0.6) is 0 Å². The molecular formula is C24H32N3O2+. The van der Waals surface area contributed by atoms with Gasteiger partial charge in [-0.25, -0.2) is 0 Å². The fourth-order valence-corrected chi connectivity index (χ4v) is 4.30. The summed E-state index contributed by atoms with van der Waals surface area (Å²) in [7, 11) is 0. The third-order valence-electron chi connectivity index (χ3n) is 6.34. The molecule has 4 rings (SSSR count). The van der Waals surface area contributed by atoms with Crippen molar-refractivity contribution in [3.8, 4) is 0 Å². The number of carbonyl (C=O) groups is 1. The number of aryl methyl sites for hydroxylation is 1. The van der Waals surface area contributed by atoms with Gasteiger partial charge >= 0.3 is 0 Å². The van der Waals surface area contributed by atoms with Gasteiger partial charge in [0.25, 0.3) is 5.91 Å². The van der Waals surface area contributed by atoms with Crippen molar-refractivity contribution in [3.63, 3.8) is 0 Å². The minimum Gasteiger partial charge on any atom is -0.370 e. The fourth-order valence-electron chi connectivity index (χ4n) is 4.30. The zero-order valence-corrected chi connectivity index (χ0v) is 17.6. The van der Waals surface area contributed by atoms with Crippen LogP contribution in [0.25, 0.3) is 0 Å². The topological polar surface area (TPSA) is 37.2 Å². The number of anilines is 1. The van der Waals surface area contributed by atoms with Crippen LogP contribution in [0.15, 0.2) is 42.5 Å². The molecule has 0 spiro atoms. The third-order valence-corrected chi connectivity index (χ3v) is 6.34. The molecular weight excluding hydrogens is 362 g/mol. The van der Waals surface area contributed by atoms with E-state index < -0.39 is 0 Å². The van der Waals surface area contributed by atoms with Crippen LogP contribution in [0.3, 0.4) is 0 Å². The quantitative estimate of drug-likeness (QED) is 0.857. The summed E-state index contributed by atoms with van der Waals surface area (Å²) in [4.78, 5) is 18.9. The van der Waals surface area contributed by atoms with E-state index in [9.17, 15) is 4.79 Å². The Morgan fingerprint density at radius 2 is 1.66 bits per heavy atom. The second-order valence-electron chi connectivity index (χ2n) is 8.23. The Balaban J connectivity index is 1.34. The van der Waals surface area contributed by atoms with E-state index in [0.717, 1.165) is 64.6 Å². The van der Waals surface area contributed by atoms with Gasteiger partial charge in [0.15, 0.2) is 0 Å². The van der Waals surface area contributed by atoms with E-state index in [1.807, 2.05) is 17.0 Å². The summed E-state index contributed by atoms with van der Waals surface area (Å²) in [6, 6.07) is 14.7. The van der Waals surface area contributed by atoms with Gasteiger partial charge in [-0.3, -0.25) is 4.79 Å². The fraction of sp³-hybridized carbons (Fsp3) is 0.458. The summed E-state index contributed by atoms with van der Waals surface area (Å²) < 4.78 is 5.43. The van der Waals surface area contributed by atoms with Crippen molar-refractivity contribution < 1.29 is 14.4 Å². The first-order valence-electron chi connectivity index (χ1n) is 10.7. The summed E-state index contributed by atoms with van der Waals surface area (Å²) >= 11 is 0. The van der Waals surface area contributed by atoms with E-state index in [4.69, 9.17) is 4.74 Å². The van der Waals surface area contributed by atoms with E-state index in [1.54, 1.807) is 4.90 Å². The van der Waals surface area contributed by atoms with Crippen LogP contribution in [0.2, 0.25) is 0 Å². The van der Waals surface area contributed by atoms with Gasteiger partial charge in [0.1, 0.15) is 19.6 Å². The Morgan fingerprint density at radius 1 is 0.966 bits per heavy atom. The molecule has 2 aliphatic heterocycles. The van der Waals surface area contributed by atoms with Gasteiger partial charge in [-0.15, -0.1) is 0 Å². The van der Waals surface area contributed by atoms with Crippen molar-refractivity contribution in [3.05, 3.63) is 64.7 Å². The SMILES string of the molecule is Cc1cccc(N2CCN(C(=O)c3ccc(C[NH+]4CCOCC4)cc3)CC2)c1C. The molecule has 2 fully saturated rings. The summed E-state index contributed by atoms with van der Waals surface area (Å²) in [6.45, 7) is 12.5. The highest BCUT2D eigenvalue weighted by molar-refractivity contribution is 5.94. The number of nitrogens with zero attached hydrogens (tertiary/aromatic N) is 2. The number of nitrogens with one attached hydrogen (secondary N) is 1. The molecule has 2 aromatic carbocycles. The van der Waals surface area contributed by atoms with Gasteiger partial charge in [0.2, 0.25) is 0 Å². The molecule has 0 aromatic heterocycles. The number of morpholine rings is 1. The number of benzene rings is 2. The Labute approximate surface area is 173 Å². The first-order valence-corrected chi connectivity index (χ1v) is 10.7. The number of rotatable bonds is 4. The van der Waals surface area contributed by atoms with Crippen molar-refractivity contribution in [2.75, 3.05) is 57.4 Å². The third kappa shape index (κ3) is 4.62. The number of hydrogen-bond acceptors (Lipinski definition) is 3. The molecule has 1 N–H and O–H groups in total. The summed E-state index contributed by atoms with van der Waals surface area (Å²) in [5.74, 6) is 0.149. The van der Waals surface area contributed by atoms with Gasteiger partial charge in [0.05, 0.1) is 13.2 Å². The maximum Gasteiger partial charge on any atom is 0.253 e. The largest absolute Gasteiger partial charge is 0.370 e. The van der Waals surface area contributed by atoms with Gasteiger partial charge in [-0.1, -0.05) is 24.3 Å². The van der Waals surface area contributed by atoms with Crippen molar-refractivity contribution in [2.45, 2.75) is 20.4 Å². The predicted molar refractivity (Wildman–Crippen MR) is 116 cm³/mol. The van der Waals surface area contributed by atoms with Crippen LogP contribution in [0.4, 0.5) is 5.69 Å². The molecule has 29 heavy (non-hydrogen) atoms. The summed E-state index contributed by atoms with van der Waals surface area (Å²) in [6.07, 6.45) is 0. The minimum absolute atomic E-state index is 0.149. The lowest BCUT2D eigenvalue weighted by atomic mass is 10.1. The number of amides is 1. The molecule has 154 valence electrons. The van der Waals surface area contributed by atoms with E-state index >= 15 is 0 Å². The highest BCUT2D eigenvalue weighted by atomic mass is 16.5. The minimum atomic E-state index is 0.149. The normalized spacial score (nSPS) is 18.1. The zero-order chi connectivity index (χ0) is 20.2. The smallest absolute Gasteiger partial charge is 0.253 e. The van der Waals surface area contributed by atoms with Crippen LogP contribution in [0, 0.1) is 13.8 Å². The molecule has 2 heterocycles. The maximum absolute atomic E-state index is 13.0. The van der Waals surface area contributed by atoms with Gasteiger partial charge in [-0.05, 0) is 43.2 Å². The van der Waals surface area contributed by atoms with E-state index in [0.29, 0.717) is 0 Å². The first-order chi connectivity index (χ1) is 14.1. The first kappa shape index (κ1) is 19.9. The number of quaternary nitrogens is 1. The van der Waals surface area contributed by atoms with Gasteiger partial charge < -0.3 is 19.4 Å². The summed E-state index contributed by atoms with van der Waals surface area (Å²) in [5.41, 5.74) is 6.04. The molecule has 0 saturated carbocycles. The molecule has 5 heteroatoms. The second-order valence-corrected chi connectivity index (χ2v) is 8.23. The lowest BCUT2D eigenvalue weighted by molar-refractivity contribution is -0.921. The summed E-state index contributed by atoms with van der Waals surface area (Å²) in [5, 5.41) is 0. The lowest BCUT2D eigenvalue weighted by Gasteiger charge is -2.37. The average Bonchev–Trinajstić information content (AvgIpc) is 2.77. The maximum atomic E-state index is 13.0. The Morgan fingerprint density at radius 3 is 2.34 bits per heavy atom. The van der Waals surface area contributed by atoms with Gasteiger partial charge in [-0.2, -0.15) is 0 Å². The van der Waals surface area contributed by atoms with Crippen LogP contribution in [-0.4, -0.2) is 63.3 Å². The van der Waals surface area contributed by atoms with E-state index in [2.05, 4.69) is 49.1 Å². The number of ether oxygens (including phenoxy) is 1. The molecule has 2 saturated heterocycles. The Kier molecular flexibility index (Phi) is 6.16. The Hall–Kier alpha value is -2.37. The van der Waals surface area contributed by atoms with Crippen LogP contribution >= 0.6 is 0 Å². The molecule has 1 amide bonds. The van der Waals surface area contributed by atoms with E-state index in [-0.39, 0.29) is 5.91 Å². The average molecular weight is 395 g/mol. The zero-order valence-electron chi connectivity index (χ0n) is 17.6. The van der Waals surface area contributed by atoms with E-state index in [1.165, 1.54) is 22.4 Å². The number of piperazine rings is 1. The molecule has 0 aliphatic carbocycles. The molecule has 0 atom stereocenters. The van der Waals surface area contributed by atoms with Crippen molar-refractivity contribution in [1.82, 2.24) is 4.90 Å². The molecule has 0 radical (unpaired) electrons. The molecule has 0 bridgehead atoms. The number of hydrogen-bond donors (Lipinski definition) is 1. The standard InChI is InChI=1S/C24H31N3O2/c1-19-4-3-5-23(20(19)2)26-10-12-27(13-11-26)24(28)22-8-6-21(7-9-22)18-25-14-16-29-17-15-25/h3-9H,10-18H2,1-2H3/p+1. The van der Waals surface area contributed by atoms with Crippen LogP contribution in [0.1, 0.15) is 27.0 Å².